The van der Waals surface area contributed by atoms with Gasteiger partial charge in [-0.1, -0.05) is 6.07 Å². The number of carbonyl (C=O) groups is 1. The average Bonchev–Trinajstić information content (AvgIpc) is 2.38. The zero-order chi connectivity index (χ0) is 14.5. The number of hydrogen-bond acceptors (Lipinski definition) is 4. The summed E-state index contributed by atoms with van der Waals surface area (Å²) in [6.07, 6.45) is 0.0225. The maximum absolute atomic E-state index is 14.1. The van der Waals surface area contributed by atoms with Crippen molar-refractivity contribution in [1.82, 2.24) is 5.32 Å². The summed E-state index contributed by atoms with van der Waals surface area (Å²) in [5, 5.41) is 2.98. The zero-order valence-electron chi connectivity index (χ0n) is 11.7. The van der Waals surface area contributed by atoms with Crippen LogP contribution in [-0.4, -0.2) is 26.7 Å². The third-order valence-electron chi connectivity index (χ3n) is 3.10. The van der Waals surface area contributed by atoms with E-state index < -0.39 is 11.4 Å². The molecule has 1 atom stereocenters. The maximum Gasteiger partial charge on any atom is 0.307 e. The number of ether oxygens (including phenoxy) is 2. The highest BCUT2D eigenvalue weighted by Gasteiger charge is 2.34. The fourth-order valence-electron chi connectivity index (χ4n) is 2.01. The van der Waals surface area contributed by atoms with Gasteiger partial charge in [0.15, 0.2) is 0 Å². The molecule has 1 N–H and O–H groups in total. The lowest BCUT2D eigenvalue weighted by molar-refractivity contribution is -0.144. The topological polar surface area (TPSA) is 47.6 Å². The molecule has 0 bridgehead atoms. The molecular weight excluding hydrogens is 249 g/mol. The van der Waals surface area contributed by atoms with Crippen LogP contribution in [0.5, 0.6) is 5.75 Å². The van der Waals surface area contributed by atoms with Crippen molar-refractivity contribution in [2.24, 2.45) is 0 Å². The molecule has 1 rings (SSSR count). The minimum absolute atomic E-state index is 0.0225. The Labute approximate surface area is 112 Å². The second-order valence-corrected chi connectivity index (χ2v) is 4.38. The van der Waals surface area contributed by atoms with Crippen molar-refractivity contribution >= 4 is 5.97 Å². The van der Waals surface area contributed by atoms with E-state index in [0.29, 0.717) is 17.9 Å². The quantitative estimate of drug-likeness (QED) is 0.804. The first kappa shape index (κ1) is 15.4. The molecule has 19 heavy (non-hydrogen) atoms. The van der Waals surface area contributed by atoms with E-state index in [4.69, 9.17) is 9.47 Å². The molecule has 0 saturated heterocycles. The monoisotopic (exact) mass is 269 g/mol. The molecule has 0 aliphatic rings. The predicted octanol–water partition coefficient (Wildman–Crippen LogP) is 2.22. The van der Waals surface area contributed by atoms with Crippen molar-refractivity contribution in [1.29, 1.82) is 0 Å². The van der Waals surface area contributed by atoms with E-state index in [1.807, 2.05) is 0 Å². The SMILES string of the molecule is CCOC(=O)CC(C)(NC)c1c(F)cccc1OC. The van der Waals surface area contributed by atoms with Crippen LogP contribution in [0.4, 0.5) is 4.39 Å². The Balaban J connectivity index is 3.17. The molecule has 0 aliphatic heterocycles. The van der Waals surface area contributed by atoms with Crippen molar-refractivity contribution in [3.8, 4) is 5.75 Å². The van der Waals surface area contributed by atoms with Gasteiger partial charge in [-0.05, 0) is 33.0 Å². The van der Waals surface area contributed by atoms with Crippen molar-refractivity contribution in [3.05, 3.63) is 29.6 Å². The van der Waals surface area contributed by atoms with Crippen molar-refractivity contribution < 1.29 is 18.7 Å². The Morgan fingerprint density at radius 3 is 2.68 bits per heavy atom. The number of benzene rings is 1. The van der Waals surface area contributed by atoms with Crippen LogP contribution in [-0.2, 0) is 15.1 Å². The summed E-state index contributed by atoms with van der Waals surface area (Å²) in [6.45, 7) is 3.77. The molecule has 0 aliphatic carbocycles. The van der Waals surface area contributed by atoms with Crippen LogP contribution in [0.1, 0.15) is 25.8 Å². The molecule has 0 heterocycles. The zero-order valence-corrected chi connectivity index (χ0v) is 11.7. The fraction of sp³-hybridized carbons (Fsp3) is 0.500. The lowest BCUT2D eigenvalue weighted by atomic mass is 9.87. The number of halogens is 1. The van der Waals surface area contributed by atoms with Crippen LogP contribution in [0.25, 0.3) is 0 Å². The molecule has 1 aromatic carbocycles. The normalized spacial score (nSPS) is 13.7. The van der Waals surface area contributed by atoms with E-state index >= 15 is 0 Å². The standard InChI is InChI=1S/C14H20FNO3/c1-5-19-12(17)9-14(2,16-3)13-10(15)7-6-8-11(13)18-4/h6-8,16H,5,9H2,1-4H3. The van der Waals surface area contributed by atoms with Gasteiger partial charge in [0, 0.05) is 0 Å². The summed E-state index contributed by atoms with van der Waals surface area (Å²) in [5.41, 5.74) is -0.559. The summed E-state index contributed by atoms with van der Waals surface area (Å²) < 4.78 is 24.2. The van der Waals surface area contributed by atoms with Crippen LogP contribution in [0.3, 0.4) is 0 Å². The van der Waals surface area contributed by atoms with Crippen LogP contribution in [0.2, 0.25) is 0 Å². The van der Waals surface area contributed by atoms with Gasteiger partial charge in [-0.2, -0.15) is 0 Å². The number of rotatable bonds is 6. The number of methoxy groups -OCH3 is 1. The van der Waals surface area contributed by atoms with Gasteiger partial charge in [-0.25, -0.2) is 4.39 Å². The van der Waals surface area contributed by atoms with E-state index in [1.54, 1.807) is 33.0 Å². The number of hydrogen-bond donors (Lipinski definition) is 1. The molecule has 0 aromatic heterocycles. The lowest BCUT2D eigenvalue weighted by Crippen LogP contribution is -2.40. The summed E-state index contributed by atoms with van der Waals surface area (Å²) in [6, 6.07) is 4.58. The highest BCUT2D eigenvalue weighted by atomic mass is 19.1. The summed E-state index contributed by atoms with van der Waals surface area (Å²) in [4.78, 5) is 11.7. The van der Waals surface area contributed by atoms with Crippen LogP contribution in [0.15, 0.2) is 18.2 Å². The fourth-order valence-corrected chi connectivity index (χ4v) is 2.01. The Morgan fingerprint density at radius 2 is 2.16 bits per heavy atom. The first-order valence-corrected chi connectivity index (χ1v) is 6.16. The minimum atomic E-state index is -0.886. The molecular formula is C14H20FNO3. The highest BCUT2D eigenvalue weighted by molar-refractivity contribution is 5.71. The highest BCUT2D eigenvalue weighted by Crippen LogP contribution is 2.34. The number of carbonyl (C=O) groups excluding carboxylic acids is 1. The van der Waals surface area contributed by atoms with E-state index in [9.17, 15) is 9.18 Å². The maximum atomic E-state index is 14.1. The van der Waals surface area contributed by atoms with Gasteiger partial charge >= 0.3 is 5.97 Å². The van der Waals surface area contributed by atoms with Gasteiger partial charge in [0.1, 0.15) is 11.6 Å². The molecule has 106 valence electrons. The van der Waals surface area contributed by atoms with Crippen LogP contribution < -0.4 is 10.1 Å². The predicted molar refractivity (Wildman–Crippen MR) is 70.6 cm³/mol. The van der Waals surface area contributed by atoms with Crippen molar-refractivity contribution in [3.63, 3.8) is 0 Å². The third-order valence-corrected chi connectivity index (χ3v) is 3.10. The van der Waals surface area contributed by atoms with E-state index in [-0.39, 0.29) is 12.4 Å². The average molecular weight is 269 g/mol. The lowest BCUT2D eigenvalue weighted by Gasteiger charge is -2.30. The molecule has 0 saturated carbocycles. The third kappa shape index (κ3) is 3.44. The van der Waals surface area contributed by atoms with Gasteiger partial charge in [0.25, 0.3) is 0 Å². The molecule has 5 heteroatoms. The Bertz CT molecular complexity index is 450. The van der Waals surface area contributed by atoms with E-state index in [2.05, 4.69) is 5.32 Å². The molecule has 1 aromatic rings. The number of nitrogens with one attached hydrogen (secondary N) is 1. The Kier molecular flexibility index (Phi) is 5.30. The largest absolute Gasteiger partial charge is 0.496 e. The number of esters is 1. The summed E-state index contributed by atoms with van der Waals surface area (Å²) in [5.74, 6) is -0.397. The van der Waals surface area contributed by atoms with E-state index in [1.165, 1.54) is 13.2 Å². The molecule has 0 radical (unpaired) electrons. The van der Waals surface area contributed by atoms with Gasteiger partial charge in [-0.15, -0.1) is 0 Å². The van der Waals surface area contributed by atoms with Crippen molar-refractivity contribution in [2.75, 3.05) is 20.8 Å². The first-order valence-electron chi connectivity index (χ1n) is 6.16. The molecule has 0 fully saturated rings. The molecule has 0 spiro atoms. The van der Waals surface area contributed by atoms with E-state index in [0.717, 1.165) is 0 Å². The summed E-state index contributed by atoms with van der Waals surface area (Å²) in [7, 11) is 3.14. The van der Waals surface area contributed by atoms with Crippen LogP contribution in [0, 0.1) is 5.82 Å². The molecule has 0 amide bonds. The van der Waals surface area contributed by atoms with Crippen molar-refractivity contribution in [2.45, 2.75) is 25.8 Å². The van der Waals surface area contributed by atoms with Gasteiger partial charge in [-0.3, -0.25) is 4.79 Å². The van der Waals surface area contributed by atoms with Crippen LogP contribution >= 0.6 is 0 Å². The minimum Gasteiger partial charge on any atom is -0.496 e. The van der Waals surface area contributed by atoms with Gasteiger partial charge in [0.2, 0.25) is 0 Å². The van der Waals surface area contributed by atoms with Gasteiger partial charge < -0.3 is 14.8 Å². The Morgan fingerprint density at radius 1 is 1.47 bits per heavy atom. The second kappa shape index (κ2) is 6.52. The molecule has 4 nitrogen and oxygen atoms in total. The summed E-state index contributed by atoms with van der Waals surface area (Å²) >= 11 is 0. The van der Waals surface area contributed by atoms with Gasteiger partial charge in [0.05, 0.1) is 31.2 Å². The first-order chi connectivity index (χ1) is 8.98. The second-order valence-electron chi connectivity index (χ2n) is 4.38. The molecule has 1 unspecified atom stereocenters. The Hall–Kier alpha value is -1.62. The smallest absolute Gasteiger partial charge is 0.307 e.